The largest absolute Gasteiger partial charge is 0.497 e. The first-order valence-corrected chi connectivity index (χ1v) is 11.1. The Kier molecular flexibility index (Phi) is 5.93. The van der Waals surface area contributed by atoms with E-state index in [-0.39, 0.29) is 0 Å². The number of rotatable bonds is 8. The van der Waals surface area contributed by atoms with Crippen molar-refractivity contribution in [2.24, 2.45) is 0 Å². The third kappa shape index (κ3) is 3.99. The molecule has 8 heteroatoms. The molecule has 0 aliphatic rings. The van der Waals surface area contributed by atoms with E-state index < -0.39 is 5.54 Å². The van der Waals surface area contributed by atoms with Gasteiger partial charge in [-0.3, -0.25) is 0 Å². The molecule has 0 bridgehead atoms. The van der Waals surface area contributed by atoms with Crippen molar-refractivity contribution in [3.63, 3.8) is 0 Å². The molecule has 5 aromatic rings. The number of aromatic amines is 1. The zero-order valence-electron chi connectivity index (χ0n) is 19.6. The standard InChI is InChI=1S/C27H25N5O3/c1-33-21-13-9-19(10-14-21)27(18-7-5-4-6-8-18,20-11-15-22(34-2)16-12-20)32-26-30-24-23(28-17-29-24)25(31-26)35-3/h4-17H,1-3H3,(H2,28,29,30,31,32). The summed E-state index contributed by atoms with van der Waals surface area (Å²) < 4.78 is 16.4. The zero-order valence-corrected chi connectivity index (χ0v) is 19.6. The van der Waals surface area contributed by atoms with Crippen molar-refractivity contribution in [2.75, 3.05) is 26.6 Å². The highest BCUT2D eigenvalue weighted by molar-refractivity contribution is 5.77. The molecule has 0 spiro atoms. The molecular weight excluding hydrogens is 442 g/mol. The Labute approximate surface area is 203 Å². The van der Waals surface area contributed by atoms with E-state index in [0.717, 1.165) is 28.2 Å². The fourth-order valence-electron chi connectivity index (χ4n) is 4.26. The van der Waals surface area contributed by atoms with Gasteiger partial charge in [0.15, 0.2) is 5.65 Å². The maximum atomic E-state index is 5.52. The lowest BCUT2D eigenvalue weighted by molar-refractivity contribution is 0.402. The summed E-state index contributed by atoms with van der Waals surface area (Å²) in [7, 11) is 4.88. The van der Waals surface area contributed by atoms with Crippen LogP contribution in [-0.4, -0.2) is 41.3 Å². The number of nitrogens with one attached hydrogen (secondary N) is 2. The Bertz CT molecular complexity index is 1370. The van der Waals surface area contributed by atoms with Gasteiger partial charge >= 0.3 is 0 Å². The van der Waals surface area contributed by atoms with Crippen LogP contribution in [0, 0.1) is 0 Å². The first kappa shape index (κ1) is 22.2. The number of aromatic nitrogens is 4. The van der Waals surface area contributed by atoms with Gasteiger partial charge in [-0.15, -0.1) is 0 Å². The van der Waals surface area contributed by atoms with Gasteiger partial charge in [-0.2, -0.15) is 9.97 Å². The Morgan fingerprint density at radius 1 is 0.686 bits per heavy atom. The number of ether oxygens (including phenoxy) is 3. The van der Waals surface area contributed by atoms with Crippen LogP contribution >= 0.6 is 0 Å². The Balaban J connectivity index is 1.77. The minimum atomic E-state index is -0.852. The van der Waals surface area contributed by atoms with Gasteiger partial charge in [0.1, 0.15) is 22.6 Å². The highest BCUT2D eigenvalue weighted by atomic mass is 16.5. The molecule has 3 aromatic carbocycles. The Hall–Kier alpha value is -4.59. The summed E-state index contributed by atoms with van der Waals surface area (Å²) in [4.78, 5) is 16.7. The number of methoxy groups -OCH3 is 3. The third-order valence-electron chi connectivity index (χ3n) is 6.00. The minimum Gasteiger partial charge on any atom is -0.497 e. The molecular formula is C27H25N5O3. The molecule has 0 fully saturated rings. The molecule has 35 heavy (non-hydrogen) atoms. The summed E-state index contributed by atoms with van der Waals surface area (Å²) in [5, 5.41) is 3.64. The van der Waals surface area contributed by atoms with Crippen molar-refractivity contribution in [3.05, 3.63) is 102 Å². The molecule has 0 saturated heterocycles. The van der Waals surface area contributed by atoms with E-state index in [4.69, 9.17) is 14.2 Å². The molecule has 0 radical (unpaired) electrons. The number of hydrogen-bond acceptors (Lipinski definition) is 7. The van der Waals surface area contributed by atoms with Crippen molar-refractivity contribution in [1.29, 1.82) is 0 Å². The van der Waals surface area contributed by atoms with Crippen molar-refractivity contribution >= 4 is 17.1 Å². The van der Waals surface area contributed by atoms with Crippen molar-refractivity contribution in [2.45, 2.75) is 5.54 Å². The number of hydrogen-bond donors (Lipinski definition) is 2. The van der Waals surface area contributed by atoms with Gasteiger partial charge in [-0.25, -0.2) is 4.98 Å². The van der Waals surface area contributed by atoms with Gasteiger partial charge in [0, 0.05) is 0 Å². The number of imidazole rings is 1. The highest BCUT2D eigenvalue weighted by Crippen LogP contribution is 2.41. The van der Waals surface area contributed by atoms with Gasteiger partial charge in [0.2, 0.25) is 11.8 Å². The second-order valence-electron chi connectivity index (χ2n) is 7.86. The normalized spacial score (nSPS) is 11.3. The molecule has 0 amide bonds. The van der Waals surface area contributed by atoms with E-state index in [1.807, 2.05) is 66.7 Å². The molecule has 2 heterocycles. The van der Waals surface area contributed by atoms with Crippen LogP contribution in [0.25, 0.3) is 11.2 Å². The predicted octanol–water partition coefficient (Wildman–Crippen LogP) is 4.78. The van der Waals surface area contributed by atoms with Gasteiger partial charge < -0.3 is 24.5 Å². The summed E-state index contributed by atoms with van der Waals surface area (Å²) in [6.45, 7) is 0. The van der Waals surface area contributed by atoms with Crippen LogP contribution < -0.4 is 19.5 Å². The first-order valence-electron chi connectivity index (χ1n) is 11.1. The van der Waals surface area contributed by atoms with Crippen LogP contribution in [0.2, 0.25) is 0 Å². The monoisotopic (exact) mass is 467 g/mol. The topological polar surface area (TPSA) is 94.2 Å². The van der Waals surface area contributed by atoms with E-state index in [0.29, 0.717) is 23.0 Å². The van der Waals surface area contributed by atoms with E-state index in [9.17, 15) is 0 Å². The number of benzene rings is 3. The summed E-state index contributed by atoms with van der Waals surface area (Å²) >= 11 is 0. The van der Waals surface area contributed by atoms with Gasteiger partial charge in [0.05, 0.1) is 27.7 Å². The lowest BCUT2D eigenvalue weighted by Crippen LogP contribution is -2.38. The zero-order chi connectivity index (χ0) is 24.3. The van der Waals surface area contributed by atoms with Gasteiger partial charge in [-0.05, 0) is 41.0 Å². The minimum absolute atomic E-state index is 0.372. The molecule has 2 N–H and O–H groups in total. The fourth-order valence-corrected chi connectivity index (χ4v) is 4.26. The Morgan fingerprint density at radius 3 is 1.80 bits per heavy atom. The molecule has 2 aromatic heterocycles. The van der Waals surface area contributed by atoms with E-state index in [2.05, 4.69) is 37.4 Å². The molecule has 176 valence electrons. The number of H-pyrrole nitrogens is 1. The number of anilines is 1. The summed E-state index contributed by atoms with van der Waals surface area (Å²) in [6.07, 6.45) is 1.57. The lowest BCUT2D eigenvalue weighted by atomic mass is 9.77. The fraction of sp³-hybridized carbons (Fsp3) is 0.148. The van der Waals surface area contributed by atoms with E-state index in [1.165, 1.54) is 0 Å². The van der Waals surface area contributed by atoms with Crippen LogP contribution in [0.1, 0.15) is 16.7 Å². The second kappa shape index (κ2) is 9.34. The molecule has 0 saturated carbocycles. The quantitative estimate of drug-likeness (QED) is 0.317. The predicted molar refractivity (Wildman–Crippen MR) is 134 cm³/mol. The SMILES string of the molecule is COc1ccc(C(Nc2nc(OC)c3[nH]cnc3n2)(c2ccccc2)c2ccc(OC)cc2)cc1. The lowest BCUT2D eigenvalue weighted by Gasteiger charge is -2.37. The molecule has 0 unspecified atom stereocenters. The molecule has 5 rings (SSSR count). The first-order chi connectivity index (χ1) is 17.2. The van der Waals surface area contributed by atoms with E-state index >= 15 is 0 Å². The summed E-state index contributed by atoms with van der Waals surface area (Å²) in [6, 6.07) is 26.1. The maximum absolute atomic E-state index is 5.52. The summed E-state index contributed by atoms with van der Waals surface area (Å²) in [5.74, 6) is 2.31. The molecule has 0 aliphatic heterocycles. The van der Waals surface area contributed by atoms with Crippen LogP contribution in [0.15, 0.2) is 85.2 Å². The van der Waals surface area contributed by atoms with Crippen molar-refractivity contribution < 1.29 is 14.2 Å². The molecule has 8 nitrogen and oxygen atoms in total. The van der Waals surface area contributed by atoms with E-state index in [1.54, 1.807) is 27.7 Å². The smallest absolute Gasteiger partial charge is 0.244 e. The van der Waals surface area contributed by atoms with Crippen LogP contribution in [0.5, 0.6) is 17.4 Å². The molecule has 0 atom stereocenters. The number of nitrogens with zero attached hydrogens (tertiary/aromatic N) is 3. The van der Waals surface area contributed by atoms with Crippen LogP contribution in [-0.2, 0) is 5.54 Å². The second-order valence-corrected chi connectivity index (χ2v) is 7.86. The van der Waals surface area contributed by atoms with Crippen molar-refractivity contribution in [1.82, 2.24) is 19.9 Å². The van der Waals surface area contributed by atoms with Gasteiger partial charge in [0.25, 0.3) is 0 Å². The molecule has 0 aliphatic carbocycles. The highest BCUT2D eigenvalue weighted by Gasteiger charge is 2.38. The van der Waals surface area contributed by atoms with Crippen molar-refractivity contribution in [3.8, 4) is 17.4 Å². The number of fused-ring (bicyclic) bond motifs is 1. The average molecular weight is 468 g/mol. The van der Waals surface area contributed by atoms with Crippen LogP contribution in [0.3, 0.4) is 0 Å². The maximum Gasteiger partial charge on any atom is 0.244 e. The average Bonchev–Trinajstić information content (AvgIpc) is 3.41. The third-order valence-corrected chi connectivity index (χ3v) is 6.00. The van der Waals surface area contributed by atoms with Crippen LogP contribution in [0.4, 0.5) is 5.95 Å². The van der Waals surface area contributed by atoms with Gasteiger partial charge in [-0.1, -0.05) is 54.6 Å². The summed E-state index contributed by atoms with van der Waals surface area (Å²) in [5.41, 5.74) is 3.23. The Morgan fingerprint density at radius 2 is 1.26 bits per heavy atom.